The van der Waals surface area contributed by atoms with Crippen molar-refractivity contribution in [1.29, 1.82) is 0 Å². The van der Waals surface area contributed by atoms with Crippen molar-refractivity contribution < 1.29 is 29.6 Å². The summed E-state index contributed by atoms with van der Waals surface area (Å²) in [6.45, 7) is 0. The number of hydrogen-bond donors (Lipinski definition) is 1. The number of hydrogen-bond acceptors (Lipinski definition) is 1. The van der Waals surface area contributed by atoms with Crippen molar-refractivity contribution in [3.63, 3.8) is 0 Å². The van der Waals surface area contributed by atoms with E-state index in [2.05, 4.69) is 12.6 Å². The van der Waals surface area contributed by atoms with Crippen LogP contribution in [0.5, 0.6) is 0 Å². The van der Waals surface area contributed by atoms with Crippen LogP contribution in [0.1, 0.15) is 32.1 Å². The van der Waals surface area contributed by atoms with E-state index in [1.807, 2.05) is 0 Å². The molecule has 1 fully saturated rings. The third-order valence-electron chi connectivity index (χ3n) is 1.57. The van der Waals surface area contributed by atoms with Crippen LogP contribution in [0.3, 0.4) is 0 Å². The van der Waals surface area contributed by atoms with Crippen molar-refractivity contribution in [3.8, 4) is 0 Å². The van der Waals surface area contributed by atoms with E-state index in [1.165, 1.54) is 32.1 Å². The Morgan fingerprint density at radius 2 is 1.50 bits per heavy atom. The van der Waals surface area contributed by atoms with E-state index in [0.717, 1.165) is 5.25 Å². The van der Waals surface area contributed by atoms with Gasteiger partial charge in [0.25, 0.3) is 0 Å². The molecule has 0 N–H and O–H groups in total. The summed E-state index contributed by atoms with van der Waals surface area (Å²) in [4.78, 5) is 0. The first kappa shape index (κ1) is 9.35. The molecular weight excluding hydrogens is 127 g/mol. The summed E-state index contributed by atoms with van der Waals surface area (Å²) in [6, 6.07) is 0. The zero-order chi connectivity index (χ0) is 5.11. The maximum atomic E-state index is 4.36. The summed E-state index contributed by atoms with van der Waals surface area (Å²) < 4.78 is 0. The van der Waals surface area contributed by atoms with Crippen LogP contribution in [-0.2, 0) is 0 Å². The van der Waals surface area contributed by atoms with E-state index in [1.54, 1.807) is 0 Å². The zero-order valence-electron chi connectivity index (χ0n) is 5.56. The summed E-state index contributed by atoms with van der Waals surface area (Å²) in [5.74, 6) is 0. The molecule has 2 heteroatoms. The molecule has 0 radical (unpaired) electrons. The Morgan fingerprint density at radius 3 is 1.75 bits per heavy atom. The molecule has 0 saturated heterocycles. The molecule has 1 aliphatic carbocycles. The number of thiol groups is 1. The Hall–Kier alpha value is 1.35. The van der Waals surface area contributed by atoms with E-state index >= 15 is 0 Å². The van der Waals surface area contributed by atoms with Crippen molar-refractivity contribution in [2.75, 3.05) is 0 Å². The number of rotatable bonds is 0. The Morgan fingerprint density at radius 1 is 1.00 bits per heavy atom. The van der Waals surface area contributed by atoms with E-state index in [9.17, 15) is 0 Å². The van der Waals surface area contributed by atoms with Gasteiger partial charge in [-0.1, -0.05) is 19.3 Å². The van der Waals surface area contributed by atoms with Crippen LogP contribution < -0.4 is 29.6 Å². The standard InChI is InChI=1S/C6H12S.Na/c7-6-4-2-1-3-5-6;/h6-7H,1-5H2;/q;+1. The van der Waals surface area contributed by atoms with E-state index in [-0.39, 0.29) is 29.6 Å². The van der Waals surface area contributed by atoms with Gasteiger partial charge >= 0.3 is 29.6 Å². The van der Waals surface area contributed by atoms with Gasteiger partial charge < -0.3 is 0 Å². The van der Waals surface area contributed by atoms with Gasteiger partial charge in [0.05, 0.1) is 0 Å². The second-order valence-electron chi connectivity index (χ2n) is 2.29. The fraction of sp³-hybridized carbons (Fsp3) is 1.00. The summed E-state index contributed by atoms with van der Waals surface area (Å²) in [6.07, 6.45) is 6.96. The molecule has 0 heterocycles. The topological polar surface area (TPSA) is 0 Å². The minimum Gasteiger partial charge on any atom is -0.176 e. The van der Waals surface area contributed by atoms with E-state index in [0.29, 0.717) is 0 Å². The minimum atomic E-state index is 0. The molecule has 0 atom stereocenters. The Labute approximate surface area is 79.1 Å². The van der Waals surface area contributed by atoms with E-state index < -0.39 is 0 Å². The second-order valence-corrected chi connectivity index (χ2v) is 3.02. The smallest absolute Gasteiger partial charge is 0.176 e. The van der Waals surface area contributed by atoms with Gasteiger partial charge in [-0.2, -0.15) is 12.6 Å². The fourth-order valence-electron chi connectivity index (χ4n) is 1.08. The SMILES string of the molecule is SC1CCCCC1.[Na+]. The molecule has 0 amide bonds. The molecular formula is C6H12NaS+. The molecule has 0 aromatic carbocycles. The molecule has 0 bridgehead atoms. The summed E-state index contributed by atoms with van der Waals surface area (Å²) in [7, 11) is 0. The maximum Gasteiger partial charge on any atom is 1.00 e. The van der Waals surface area contributed by atoms with Gasteiger partial charge in [-0.25, -0.2) is 0 Å². The van der Waals surface area contributed by atoms with Crippen LogP contribution in [0.4, 0.5) is 0 Å². The molecule has 1 aliphatic rings. The minimum absolute atomic E-state index is 0. The molecule has 42 valence electrons. The summed E-state index contributed by atoms with van der Waals surface area (Å²) in [5, 5.41) is 0.730. The molecule has 8 heavy (non-hydrogen) atoms. The van der Waals surface area contributed by atoms with Crippen LogP contribution >= 0.6 is 12.6 Å². The Kier molecular flexibility index (Phi) is 6.03. The van der Waals surface area contributed by atoms with Gasteiger partial charge in [0, 0.05) is 5.25 Å². The first-order chi connectivity index (χ1) is 3.39. The van der Waals surface area contributed by atoms with Gasteiger partial charge in [0.1, 0.15) is 0 Å². The maximum absolute atomic E-state index is 4.36. The van der Waals surface area contributed by atoms with Crippen LogP contribution in [-0.4, -0.2) is 5.25 Å². The predicted molar refractivity (Wildman–Crippen MR) is 35.9 cm³/mol. The molecule has 0 aromatic heterocycles. The Balaban J connectivity index is 0.000000490. The first-order valence-corrected chi connectivity index (χ1v) is 3.59. The van der Waals surface area contributed by atoms with Gasteiger partial charge in [-0.05, 0) is 12.8 Å². The van der Waals surface area contributed by atoms with Gasteiger partial charge in [-0.3, -0.25) is 0 Å². The predicted octanol–water partition coefficient (Wildman–Crippen LogP) is -0.747. The first-order valence-electron chi connectivity index (χ1n) is 3.07. The molecule has 1 rings (SSSR count). The third-order valence-corrected chi connectivity index (χ3v) is 2.09. The average molecular weight is 139 g/mol. The van der Waals surface area contributed by atoms with E-state index in [4.69, 9.17) is 0 Å². The fourth-order valence-corrected chi connectivity index (χ4v) is 1.45. The van der Waals surface area contributed by atoms with Gasteiger partial charge in [0.15, 0.2) is 0 Å². The third kappa shape index (κ3) is 3.39. The van der Waals surface area contributed by atoms with Gasteiger partial charge in [-0.15, -0.1) is 0 Å². The molecule has 1 saturated carbocycles. The van der Waals surface area contributed by atoms with Gasteiger partial charge in [0.2, 0.25) is 0 Å². The van der Waals surface area contributed by atoms with Crippen molar-refractivity contribution in [3.05, 3.63) is 0 Å². The van der Waals surface area contributed by atoms with Crippen molar-refractivity contribution in [2.45, 2.75) is 37.4 Å². The average Bonchev–Trinajstić information content (AvgIpc) is 1.69. The molecule has 0 nitrogen and oxygen atoms in total. The largest absolute Gasteiger partial charge is 1.00 e. The van der Waals surface area contributed by atoms with Crippen LogP contribution in [0.25, 0.3) is 0 Å². The Bertz CT molecular complexity index is 50.5. The zero-order valence-corrected chi connectivity index (χ0v) is 8.45. The van der Waals surface area contributed by atoms with Crippen molar-refractivity contribution in [1.82, 2.24) is 0 Å². The molecule has 0 unspecified atom stereocenters. The summed E-state index contributed by atoms with van der Waals surface area (Å²) in [5.41, 5.74) is 0. The monoisotopic (exact) mass is 139 g/mol. The normalized spacial score (nSPS) is 22.1. The molecule has 0 aromatic rings. The molecule has 0 aliphatic heterocycles. The van der Waals surface area contributed by atoms with Crippen molar-refractivity contribution in [2.24, 2.45) is 0 Å². The van der Waals surface area contributed by atoms with Crippen LogP contribution in [0.15, 0.2) is 0 Å². The quantitative estimate of drug-likeness (QED) is 0.331. The second kappa shape index (κ2) is 5.16. The van der Waals surface area contributed by atoms with Crippen LogP contribution in [0, 0.1) is 0 Å². The molecule has 0 spiro atoms. The van der Waals surface area contributed by atoms with Crippen molar-refractivity contribution >= 4 is 12.6 Å². The summed E-state index contributed by atoms with van der Waals surface area (Å²) >= 11 is 4.36. The van der Waals surface area contributed by atoms with Crippen LogP contribution in [0.2, 0.25) is 0 Å².